The molecule has 45 heavy (non-hydrogen) atoms. The van der Waals surface area contributed by atoms with Crippen LogP contribution in [0.1, 0.15) is 39.5 Å². The maximum Gasteiger partial charge on any atom is 0.416 e. The SMILES string of the molecule is COc1ccc(C2=NN(C(=O)CN(CCN3CCOCC3)C(=O)c3ccc(C(F)(F)F)cc3)C(c3ccc(OC)cc3)C2)cc1. The fourth-order valence-corrected chi connectivity index (χ4v) is 5.34. The number of ether oxygens (including phenoxy) is 3. The molecule has 0 radical (unpaired) electrons. The van der Waals surface area contributed by atoms with Gasteiger partial charge in [-0.05, 0) is 71.8 Å². The highest BCUT2D eigenvalue weighted by molar-refractivity contribution is 6.04. The van der Waals surface area contributed by atoms with Gasteiger partial charge in [0.1, 0.15) is 18.0 Å². The zero-order valence-electron chi connectivity index (χ0n) is 25.1. The number of hydrazone groups is 1. The van der Waals surface area contributed by atoms with Crippen LogP contribution in [-0.2, 0) is 15.7 Å². The molecule has 1 atom stereocenters. The van der Waals surface area contributed by atoms with E-state index in [1.165, 1.54) is 9.91 Å². The van der Waals surface area contributed by atoms with Gasteiger partial charge in [0.05, 0.1) is 44.8 Å². The first-order chi connectivity index (χ1) is 21.7. The second-order valence-corrected chi connectivity index (χ2v) is 10.8. The molecule has 2 amide bonds. The molecule has 0 N–H and O–H groups in total. The number of hydrogen-bond donors (Lipinski definition) is 0. The Labute approximate surface area is 259 Å². The lowest BCUT2D eigenvalue weighted by molar-refractivity contribution is -0.137. The van der Waals surface area contributed by atoms with Crippen LogP contribution in [-0.4, -0.2) is 92.5 Å². The van der Waals surface area contributed by atoms with Crippen LogP contribution in [0.5, 0.6) is 11.5 Å². The van der Waals surface area contributed by atoms with Crippen LogP contribution in [0.25, 0.3) is 0 Å². The summed E-state index contributed by atoms with van der Waals surface area (Å²) in [5.41, 5.74) is 1.57. The lowest BCUT2D eigenvalue weighted by Crippen LogP contribution is -2.46. The molecule has 1 saturated heterocycles. The molecular formula is C33H35F3N4O5. The van der Waals surface area contributed by atoms with Gasteiger partial charge in [0.2, 0.25) is 0 Å². The van der Waals surface area contributed by atoms with E-state index in [-0.39, 0.29) is 18.7 Å². The summed E-state index contributed by atoms with van der Waals surface area (Å²) >= 11 is 0. The predicted octanol–water partition coefficient (Wildman–Crippen LogP) is 4.87. The molecule has 2 heterocycles. The Bertz CT molecular complexity index is 1490. The predicted molar refractivity (Wildman–Crippen MR) is 161 cm³/mol. The summed E-state index contributed by atoms with van der Waals surface area (Å²) in [6, 6.07) is 18.4. The Morgan fingerprint density at radius 3 is 2.09 bits per heavy atom. The molecule has 2 aliphatic rings. The van der Waals surface area contributed by atoms with Crippen molar-refractivity contribution in [3.63, 3.8) is 0 Å². The number of carbonyl (C=O) groups excluding carboxylic acids is 2. The number of nitrogens with zero attached hydrogens (tertiary/aromatic N) is 4. The van der Waals surface area contributed by atoms with Gasteiger partial charge in [-0.3, -0.25) is 14.5 Å². The first-order valence-corrected chi connectivity index (χ1v) is 14.6. The third kappa shape index (κ3) is 7.81. The van der Waals surface area contributed by atoms with Gasteiger partial charge in [-0.15, -0.1) is 0 Å². The minimum atomic E-state index is -4.53. The third-order valence-corrected chi connectivity index (χ3v) is 7.95. The zero-order chi connectivity index (χ0) is 32.0. The molecule has 1 unspecified atom stereocenters. The van der Waals surface area contributed by atoms with Crippen LogP contribution < -0.4 is 9.47 Å². The van der Waals surface area contributed by atoms with E-state index in [1.807, 2.05) is 48.5 Å². The lowest BCUT2D eigenvalue weighted by Gasteiger charge is -2.31. The van der Waals surface area contributed by atoms with E-state index in [0.29, 0.717) is 56.5 Å². The van der Waals surface area contributed by atoms with E-state index in [2.05, 4.69) is 4.90 Å². The Morgan fingerprint density at radius 2 is 1.51 bits per heavy atom. The van der Waals surface area contributed by atoms with Crippen molar-refractivity contribution in [2.45, 2.75) is 18.6 Å². The van der Waals surface area contributed by atoms with Gasteiger partial charge in [0.15, 0.2) is 0 Å². The maximum atomic E-state index is 14.0. The summed E-state index contributed by atoms with van der Waals surface area (Å²) < 4.78 is 55.5. The molecule has 0 spiro atoms. The van der Waals surface area contributed by atoms with E-state index in [1.54, 1.807) is 14.2 Å². The molecule has 9 nitrogen and oxygen atoms in total. The first kappa shape index (κ1) is 32.0. The van der Waals surface area contributed by atoms with Crippen molar-refractivity contribution >= 4 is 17.5 Å². The minimum Gasteiger partial charge on any atom is -0.497 e. The second-order valence-electron chi connectivity index (χ2n) is 10.8. The number of amides is 2. The van der Waals surface area contributed by atoms with Gasteiger partial charge in [-0.25, -0.2) is 5.01 Å². The Kier molecular flexibility index (Phi) is 10.0. The second kappa shape index (κ2) is 14.1. The molecule has 5 rings (SSSR count). The average molecular weight is 625 g/mol. The summed E-state index contributed by atoms with van der Waals surface area (Å²) in [4.78, 5) is 31.2. The Morgan fingerprint density at radius 1 is 0.911 bits per heavy atom. The monoisotopic (exact) mass is 624 g/mol. The zero-order valence-corrected chi connectivity index (χ0v) is 25.1. The van der Waals surface area contributed by atoms with Crippen molar-refractivity contribution in [3.05, 3.63) is 95.1 Å². The van der Waals surface area contributed by atoms with Crippen molar-refractivity contribution in [3.8, 4) is 11.5 Å². The van der Waals surface area contributed by atoms with Crippen molar-refractivity contribution in [1.82, 2.24) is 14.8 Å². The van der Waals surface area contributed by atoms with Crippen molar-refractivity contribution in [1.29, 1.82) is 0 Å². The number of rotatable bonds is 10. The van der Waals surface area contributed by atoms with Gasteiger partial charge < -0.3 is 19.1 Å². The molecule has 3 aromatic carbocycles. The van der Waals surface area contributed by atoms with Crippen LogP contribution >= 0.6 is 0 Å². The number of morpholine rings is 1. The molecule has 12 heteroatoms. The molecule has 238 valence electrons. The van der Waals surface area contributed by atoms with Crippen molar-refractivity contribution in [2.75, 3.05) is 60.2 Å². The van der Waals surface area contributed by atoms with Crippen LogP contribution in [0.15, 0.2) is 77.9 Å². The van der Waals surface area contributed by atoms with Crippen LogP contribution in [0.4, 0.5) is 13.2 Å². The number of carbonyl (C=O) groups is 2. The number of benzene rings is 3. The van der Waals surface area contributed by atoms with E-state index in [4.69, 9.17) is 19.3 Å². The van der Waals surface area contributed by atoms with Gasteiger partial charge in [-0.2, -0.15) is 18.3 Å². The number of hydrogen-bond acceptors (Lipinski definition) is 7. The highest BCUT2D eigenvalue weighted by Gasteiger charge is 2.35. The number of methoxy groups -OCH3 is 2. The van der Waals surface area contributed by atoms with Crippen molar-refractivity contribution < 1.29 is 37.0 Å². The standard InChI is InChI=1S/C33H35F3N4O5/c1-43-27-11-5-23(6-12-27)29-21-30(24-7-13-28(44-2)14-8-24)40(37-29)31(41)22-39(16-15-38-17-19-45-20-18-38)32(42)25-3-9-26(10-4-25)33(34,35)36/h3-14,30H,15-22H2,1-2H3. The maximum absolute atomic E-state index is 14.0. The molecule has 2 aliphatic heterocycles. The molecule has 0 bridgehead atoms. The van der Waals surface area contributed by atoms with E-state index >= 15 is 0 Å². The van der Waals surface area contributed by atoms with Crippen LogP contribution in [0.2, 0.25) is 0 Å². The average Bonchev–Trinajstić information content (AvgIpc) is 3.52. The molecular weight excluding hydrogens is 589 g/mol. The largest absolute Gasteiger partial charge is 0.497 e. The molecule has 0 aromatic heterocycles. The number of alkyl halides is 3. The quantitative estimate of drug-likeness (QED) is 0.320. The fourth-order valence-electron chi connectivity index (χ4n) is 5.34. The summed E-state index contributed by atoms with van der Waals surface area (Å²) in [5.74, 6) is 0.406. The highest BCUT2D eigenvalue weighted by Crippen LogP contribution is 2.34. The fraction of sp³-hybridized carbons (Fsp3) is 0.364. The van der Waals surface area contributed by atoms with Crippen LogP contribution in [0, 0.1) is 0 Å². The summed E-state index contributed by atoms with van der Waals surface area (Å²) in [6.07, 6.45) is -4.09. The normalized spacial score (nSPS) is 17.1. The lowest BCUT2D eigenvalue weighted by atomic mass is 9.98. The molecule has 0 aliphatic carbocycles. The van der Waals surface area contributed by atoms with Gasteiger partial charge >= 0.3 is 6.18 Å². The summed E-state index contributed by atoms with van der Waals surface area (Å²) in [5, 5.41) is 6.13. The van der Waals surface area contributed by atoms with Gasteiger partial charge in [-0.1, -0.05) is 12.1 Å². The molecule has 0 saturated carbocycles. The summed E-state index contributed by atoms with van der Waals surface area (Å²) in [7, 11) is 3.16. The highest BCUT2D eigenvalue weighted by atomic mass is 19.4. The van der Waals surface area contributed by atoms with Gasteiger partial charge in [0.25, 0.3) is 11.8 Å². The smallest absolute Gasteiger partial charge is 0.416 e. The topological polar surface area (TPSA) is 83.9 Å². The number of halogens is 3. The van der Waals surface area contributed by atoms with E-state index < -0.39 is 29.6 Å². The van der Waals surface area contributed by atoms with E-state index in [9.17, 15) is 22.8 Å². The minimum absolute atomic E-state index is 0.0633. The third-order valence-electron chi connectivity index (χ3n) is 7.95. The molecule has 1 fully saturated rings. The van der Waals surface area contributed by atoms with Crippen molar-refractivity contribution in [2.24, 2.45) is 5.10 Å². The van der Waals surface area contributed by atoms with Crippen LogP contribution in [0.3, 0.4) is 0 Å². The molecule has 3 aromatic rings. The summed E-state index contributed by atoms with van der Waals surface area (Å²) in [6.45, 7) is 2.84. The first-order valence-electron chi connectivity index (χ1n) is 14.6. The Hall–Kier alpha value is -4.42. The van der Waals surface area contributed by atoms with E-state index in [0.717, 1.165) is 35.4 Å². The Balaban J connectivity index is 1.42. The van der Waals surface area contributed by atoms with Gasteiger partial charge in [0, 0.05) is 38.2 Å².